The zero-order valence-corrected chi connectivity index (χ0v) is 13.3. The van der Waals surface area contributed by atoms with E-state index in [-0.39, 0.29) is 5.54 Å². The summed E-state index contributed by atoms with van der Waals surface area (Å²) in [5.41, 5.74) is 13.3. The SMILES string of the molecule is NC1CCC(N)(c2csc(NCC3CCOCC3)n2)CC1. The summed E-state index contributed by atoms with van der Waals surface area (Å²) in [7, 11) is 0. The number of hydrogen-bond donors (Lipinski definition) is 3. The molecule has 21 heavy (non-hydrogen) atoms. The maximum absolute atomic E-state index is 6.54. The Kier molecular flexibility index (Phi) is 4.78. The Morgan fingerprint density at radius 2 is 2.00 bits per heavy atom. The molecule has 0 aromatic carbocycles. The van der Waals surface area contributed by atoms with Crippen molar-refractivity contribution in [3.63, 3.8) is 0 Å². The second-order valence-corrected chi connectivity index (χ2v) is 7.33. The molecule has 5 N–H and O–H groups in total. The molecule has 118 valence electrons. The van der Waals surface area contributed by atoms with E-state index in [2.05, 4.69) is 10.7 Å². The third-order valence-corrected chi connectivity index (χ3v) is 5.62. The molecule has 5 nitrogen and oxygen atoms in total. The second-order valence-electron chi connectivity index (χ2n) is 6.47. The highest BCUT2D eigenvalue weighted by Gasteiger charge is 2.34. The molecule has 1 aromatic rings. The lowest BCUT2D eigenvalue weighted by molar-refractivity contribution is 0.0699. The van der Waals surface area contributed by atoms with E-state index in [1.807, 2.05) is 0 Å². The van der Waals surface area contributed by atoms with E-state index in [1.54, 1.807) is 11.3 Å². The summed E-state index contributed by atoms with van der Waals surface area (Å²) < 4.78 is 5.39. The van der Waals surface area contributed by atoms with Gasteiger partial charge in [0.05, 0.1) is 11.2 Å². The zero-order valence-electron chi connectivity index (χ0n) is 12.5. The van der Waals surface area contributed by atoms with E-state index in [9.17, 15) is 0 Å². The molecule has 2 heterocycles. The Hall–Kier alpha value is -0.690. The number of ether oxygens (including phenoxy) is 1. The van der Waals surface area contributed by atoms with Crippen molar-refractivity contribution < 1.29 is 4.74 Å². The van der Waals surface area contributed by atoms with Crippen molar-refractivity contribution in [2.45, 2.75) is 50.1 Å². The fourth-order valence-electron chi connectivity index (χ4n) is 3.18. The highest BCUT2D eigenvalue weighted by Crippen LogP contribution is 2.35. The molecule has 0 unspecified atom stereocenters. The van der Waals surface area contributed by atoms with Crippen molar-refractivity contribution in [1.29, 1.82) is 0 Å². The molecule has 2 fully saturated rings. The van der Waals surface area contributed by atoms with Crippen LogP contribution in [0.3, 0.4) is 0 Å². The monoisotopic (exact) mass is 310 g/mol. The van der Waals surface area contributed by atoms with Gasteiger partial charge in [0, 0.05) is 31.2 Å². The summed E-state index contributed by atoms with van der Waals surface area (Å²) in [6, 6.07) is 0.312. The van der Waals surface area contributed by atoms with Gasteiger partial charge in [0.15, 0.2) is 5.13 Å². The number of rotatable bonds is 4. The summed E-state index contributed by atoms with van der Waals surface area (Å²) in [4.78, 5) is 4.73. The molecule has 0 radical (unpaired) electrons. The number of anilines is 1. The fourth-order valence-corrected chi connectivity index (χ4v) is 4.01. The third kappa shape index (κ3) is 3.74. The summed E-state index contributed by atoms with van der Waals surface area (Å²) in [6.45, 7) is 2.77. The number of nitrogens with two attached hydrogens (primary N) is 2. The van der Waals surface area contributed by atoms with E-state index in [1.165, 1.54) is 0 Å². The van der Waals surface area contributed by atoms with Gasteiger partial charge in [-0.15, -0.1) is 11.3 Å². The van der Waals surface area contributed by atoms with E-state index >= 15 is 0 Å². The van der Waals surface area contributed by atoms with Crippen LogP contribution in [0, 0.1) is 5.92 Å². The number of hydrogen-bond acceptors (Lipinski definition) is 6. The minimum Gasteiger partial charge on any atom is -0.381 e. The predicted octanol–water partition coefficient (Wildman–Crippen LogP) is 2.04. The molecular weight excluding hydrogens is 284 g/mol. The topological polar surface area (TPSA) is 86.2 Å². The van der Waals surface area contributed by atoms with Crippen molar-refractivity contribution in [3.05, 3.63) is 11.1 Å². The van der Waals surface area contributed by atoms with Gasteiger partial charge < -0.3 is 21.5 Å². The first kappa shape index (κ1) is 15.2. The average molecular weight is 310 g/mol. The van der Waals surface area contributed by atoms with Crippen LogP contribution in [0.15, 0.2) is 5.38 Å². The van der Waals surface area contributed by atoms with E-state index < -0.39 is 0 Å². The standard InChI is InChI=1S/C15H26N4OS/c16-12-1-5-15(17,6-2-12)13-10-21-14(19-13)18-9-11-3-7-20-8-4-11/h10-12H,1-9,16-17H2,(H,18,19). The predicted molar refractivity (Wildman–Crippen MR) is 86.5 cm³/mol. The van der Waals surface area contributed by atoms with Crippen LogP contribution in [-0.2, 0) is 10.3 Å². The minimum atomic E-state index is -0.273. The lowest BCUT2D eigenvalue weighted by Crippen LogP contribution is -2.43. The van der Waals surface area contributed by atoms with Crippen LogP contribution in [0.25, 0.3) is 0 Å². The molecule has 0 amide bonds. The maximum Gasteiger partial charge on any atom is 0.182 e. The Morgan fingerprint density at radius 1 is 1.29 bits per heavy atom. The maximum atomic E-state index is 6.54. The highest BCUT2D eigenvalue weighted by atomic mass is 32.1. The Balaban J connectivity index is 1.55. The second kappa shape index (κ2) is 6.60. The van der Waals surface area contributed by atoms with Crippen LogP contribution < -0.4 is 16.8 Å². The smallest absolute Gasteiger partial charge is 0.182 e. The van der Waals surface area contributed by atoms with E-state index in [0.717, 1.165) is 69.1 Å². The number of nitrogens with zero attached hydrogens (tertiary/aromatic N) is 1. The fraction of sp³-hybridized carbons (Fsp3) is 0.800. The van der Waals surface area contributed by atoms with Crippen molar-refractivity contribution in [3.8, 4) is 0 Å². The van der Waals surface area contributed by atoms with Gasteiger partial charge in [-0.05, 0) is 44.4 Å². The van der Waals surface area contributed by atoms with Crippen LogP contribution in [0.4, 0.5) is 5.13 Å². The van der Waals surface area contributed by atoms with Gasteiger partial charge in [0.1, 0.15) is 0 Å². The summed E-state index contributed by atoms with van der Waals surface area (Å²) in [5, 5.41) is 6.58. The Labute approximate surface area is 130 Å². The lowest BCUT2D eigenvalue weighted by Gasteiger charge is -2.34. The van der Waals surface area contributed by atoms with Gasteiger partial charge in [-0.25, -0.2) is 4.98 Å². The zero-order chi connectivity index (χ0) is 14.7. The molecule has 1 saturated carbocycles. The Bertz CT molecular complexity index is 450. The molecule has 1 aromatic heterocycles. The van der Waals surface area contributed by atoms with E-state index in [0.29, 0.717) is 12.0 Å². The molecular formula is C15H26N4OS. The van der Waals surface area contributed by atoms with Crippen LogP contribution in [0.2, 0.25) is 0 Å². The average Bonchev–Trinajstić information content (AvgIpc) is 2.99. The molecule has 0 atom stereocenters. The Morgan fingerprint density at radius 3 is 2.71 bits per heavy atom. The van der Waals surface area contributed by atoms with Gasteiger partial charge in [-0.2, -0.15) is 0 Å². The van der Waals surface area contributed by atoms with Crippen LogP contribution in [0.1, 0.15) is 44.2 Å². The summed E-state index contributed by atoms with van der Waals surface area (Å²) in [5.74, 6) is 0.700. The quantitative estimate of drug-likeness (QED) is 0.792. The third-order valence-electron chi connectivity index (χ3n) is 4.82. The highest BCUT2D eigenvalue weighted by molar-refractivity contribution is 7.13. The molecule has 1 aliphatic carbocycles. The van der Waals surface area contributed by atoms with Gasteiger partial charge in [0.25, 0.3) is 0 Å². The van der Waals surface area contributed by atoms with E-state index in [4.69, 9.17) is 21.2 Å². The number of aromatic nitrogens is 1. The molecule has 6 heteroatoms. The number of nitrogens with one attached hydrogen (secondary N) is 1. The minimum absolute atomic E-state index is 0.273. The van der Waals surface area contributed by atoms with Crippen LogP contribution >= 0.6 is 11.3 Å². The first-order chi connectivity index (χ1) is 10.2. The first-order valence-electron chi connectivity index (χ1n) is 7.98. The largest absolute Gasteiger partial charge is 0.381 e. The van der Waals surface area contributed by atoms with Crippen LogP contribution in [0.5, 0.6) is 0 Å². The van der Waals surface area contributed by atoms with Gasteiger partial charge in [-0.3, -0.25) is 0 Å². The normalized spacial score (nSPS) is 31.2. The molecule has 0 bridgehead atoms. The van der Waals surface area contributed by atoms with Crippen molar-refractivity contribution in [2.75, 3.05) is 25.1 Å². The first-order valence-corrected chi connectivity index (χ1v) is 8.86. The molecule has 3 rings (SSSR count). The summed E-state index contributed by atoms with van der Waals surface area (Å²) in [6.07, 6.45) is 6.17. The van der Waals surface area contributed by atoms with Crippen LogP contribution in [-0.4, -0.2) is 30.8 Å². The van der Waals surface area contributed by atoms with Crippen molar-refractivity contribution >= 4 is 16.5 Å². The number of thiazole rings is 1. The summed E-state index contributed by atoms with van der Waals surface area (Å²) >= 11 is 1.67. The van der Waals surface area contributed by atoms with Gasteiger partial charge in [-0.1, -0.05) is 0 Å². The molecule has 2 aliphatic rings. The van der Waals surface area contributed by atoms with Gasteiger partial charge in [0.2, 0.25) is 0 Å². The molecule has 1 saturated heterocycles. The molecule has 0 spiro atoms. The van der Waals surface area contributed by atoms with Crippen molar-refractivity contribution in [1.82, 2.24) is 4.98 Å². The molecule has 1 aliphatic heterocycles. The lowest BCUT2D eigenvalue weighted by atomic mass is 9.79. The van der Waals surface area contributed by atoms with Gasteiger partial charge >= 0.3 is 0 Å². The van der Waals surface area contributed by atoms with Crippen molar-refractivity contribution in [2.24, 2.45) is 17.4 Å².